The lowest BCUT2D eigenvalue weighted by Gasteiger charge is -2.11. The molecule has 0 fully saturated rings. The number of rotatable bonds is 6. The number of hydrogen-bond acceptors (Lipinski definition) is 5. The standard InChI is InChI=1S/C57H34N4O2/c1-3-14-35(15-4-1)37-18-11-19-40(32-37)61-48-25-9-7-20-42(48)47-33-38(29-31-49(47)61)41-22-12-23-45-53-46(24-13-27-51(53)63-54(41)45)57-59-55(36-16-5-2-6-17-36)58-56(60-57)39-28-30-44-43-21-8-10-26-50(43)62-52(44)34-39/h1-34H. The minimum absolute atomic E-state index is 0.561. The maximum atomic E-state index is 6.85. The fourth-order valence-corrected chi connectivity index (χ4v) is 9.34. The molecule has 0 radical (unpaired) electrons. The van der Waals surface area contributed by atoms with Crippen LogP contribution in [0.2, 0.25) is 0 Å². The number of hydrogen-bond donors (Lipinski definition) is 0. The third-order valence-corrected chi connectivity index (χ3v) is 12.3. The second kappa shape index (κ2) is 14.0. The monoisotopic (exact) mass is 806 g/mol. The van der Waals surface area contributed by atoms with Gasteiger partial charge in [-0.15, -0.1) is 0 Å². The third kappa shape index (κ3) is 5.69. The van der Waals surface area contributed by atoms with Gasteiger partial charge in [0, 0.05) is 60.3 Å². The normalized spacial score (nSPS) is 11.8. The van der Waals surface area contributed by atoms with Crippen LogP contribution in [0.1, 0.15) is 0 Å². The molecule has 0 bridgehead atoms. The topological polar surface area (TPSA) is 69.9 Å². The molecule has 0 aliphatic heterocycles. The molecule has 0 aliphatic carbocycles. The molecule has 0 saturated heterocycles. The van der Waals surface area contributed by atoms with Crippen molar-refractivity contribution >= 4 is 65.7 Å². The summed E-state index contributed by atoms with van der Waals surface area (Å²) in [7, 11) is 0. The van der Waals surface area contributed by atoms with Crippen LogP contribution in [-0.2, 0) is 0 Å². The quantitative estimate of drug-likeness (QED) is 0.167. The molecule has 13 aromatic rings. The average Bonchev–Trinajstić information content (AvgIpc) is 4.04. The van der Waals surface area contributed by atoms with Gasteiger partial charge in [-0.25, -0.2) is 15.0 Å². The highest BCUT2D eigenvalue weighted by Gasteiger charge is 2.21. The van der Waals surface area contributed by atoms with Crippen LogP contribution in [-0.4, -0.2) is 19.5 Å². The van der Waals surface area contributed by atoms with Crippen LogP contribution in [0.3, 0.4) is 0 Å². The number of furan rings is 2. The molecule has 0 aliphatic rings. The summed E-state index contributed by atoms with van der Waals surface area (Å²) in [6.45, 7) is 0. The number of benzene rings is 9. The van der Waals surface area contributed by atoms with E-state index in [1.165, 1.54) is 21.9 Å². The number of nitrogens with zero attached hydrogens (tertiary/aromatic N) is 4. The number of aromatic nitrogens is 4. The Morgan fingerprint density at radius 1 is 0.317 bits per heavy atom. The average molecular weight is 807 g/mol. The molecular weight excluding hydrogens is 773 g/mol. The Labute approximate surface area is 361 Å². The molecule has 0 unspecified atom stereocenters. The first-order chi connectivity index (χ1) is 31.2. The van der Waals surface area contributed by atoms with Crippen molar-refractivity contribution in [2.24, 2.45) is 0 Å². The van der Waals surface area contributed by atoms with E-state index in [0.29, 0.717) is 17.5 Å². The van der Waals surface area contributed by atoms with Gasteiger partial charge in [0.25, 0.3) is 0 Å². The predicted octanol–water partition coefficient (Wildman–Crippen LogP) is 15.1. The molecule has 13 rings (SSSR count). The summed E-state index contributed by atoms with van der Waals surface area (Å²) in [4.78, 5) is 15.4. The van der Waals surface area contributed by atoms with E-state index in [1.807, 2.05) is 66.7 Å². The van der Waals surface area contributed by atoms with Crippen molar-refractivity contribution in [1.29, 1.82) is 0 Å². The molecule has 4 aromatic heterocycles. The van der Waals surface area contributed by atoms with E-state index in [1.54, 1.807) is 0 Å². The molecular formula is C57H34N4O2. The first kappa shape index (κ1) is 35.2. The molecule has 0 N–H and O–H groups in total. The van der Waals surface area contributed by atoms with Crippen LogP contribution < -0.4 is 0 Å². The Kier molecular flexibility index (Phi) is 7.80. The molecule has 0 atom stereocenters. The first-order valence-electron chi connectivity index (χ1n) is 21.1. The van der Waals surface area contributed by atoms with E-state index in [-0.39, 0.29) is 0 Å². The molecule has 63 heavy (non-hydrogen) atoms. The second-order valence-electron chi connectivity index (χ2n) is 15.9. The van der Waals surface area contributed by atoms with Gasteiger partial charge in [-0.05, 0) is 71.3 Å². The lowest BCUT2D eigenvalue weighted by molar-refractivity contribution is 0.669. The zero-order chi connectivity index (χ0) is 41.4. The van der Waals surface area contributed by atoms with Crippen molar-refractivity contribution < 1.29 is 8.83 Å². The summed E-state index contributed by atoms with van der Waals surface area (Å²) in [6.07, 6.45) is 0. The summed E-state index contributed by atoms with van der Waals surface area (Å²) in [5.41, 5.74) is 13.7. The van der Waals surface area contributed by atoms with E-state index in [2.05, 4.69) is 144 Å². The zero-order valence-corrected chi connectivity index (χ0v) is 33.7. The Morgan fingerprint density at radius 3 is 1.81 bits per heavy atom. The third-order valence-electron chi connectivity index (χ3n) is 12.3. The second-order valence-corrected chi connectivity index (χ2v) is 15.9. The van der Waals surface area contributed by atoms with Gasteiger partial charge in [0.15, 0.2) is 17.5 Å². The van der Waals surface area contributed by atoms with Gasteiger partial charge < -0.3 is 13.4 Å². The van der Waals surface area contributed by atoms with Gasteiger partial charge >= 0.3 is 0 Å². The number of para-hydroxylation sites is 3. The summed E-state index contributed by atoms with van der Waals surface area (Å²) in [6, 6.07) is 71.6. The van der Waals surface area contributed by atoms with E-state index in [4.69, 9.17) is 23.8 Å². The minimum Gasteiger partial charge on any atom is -0.456 e. The van der Waals surface area contributed by atoms with Crippen molar-refractivity contribution in [2.75, 3.05) is 0 Å². The van der Waals surface area contributed by atoms with Crippen LogP contribution in [0.15, 0.2) is 215 Å². The van der Waals surface area contributed by atoms with Crippen LogP contribution in [0.25, 0.3) is 128 Å². The van der Waals surface area contributed by atoms with Crippen LogP contribution in [0.5, 0.6) is 0 Å². The summed E-state index contributed by atoms with van der Waals surface area (Å²) in [5.74, 6) is 1.71. The van der Waals surface area contributed by atoms with Crippen LogP contribution in [0, 0.1) is 0 Å². The Balaban J connectivity index is 0.965. The van der Waals surface area contributed by atoms with E-state index < -0.39 is 0 Å². The summed E-state index contributed by atoms with van der Waals surface area (Å²) >= 11 is 0. The van der Waals surface area contributed by atoms with Gasteiger partial charge in [-0.2, -0.15) is 0 Å². The summed E-state index contributed by atoms with van der Waals surface area (Å²) in [5, 5.41) is 6.44. The Hall–Kier alpha value is -8.61. The van der Waals surface area contributed by atoms with E-state index in [9.17, 15) is 0 Å². The van der Waals surface area contributed by atoms with Crippen molar-refractivity contribution in [3.05, 3.63) is 206 Å². The highest BCUT2D eigenvalue weighted by atomic mass is 16.3. The number of fused-ring (bicyclic) bond motifs is 9. The molecule has 9 aromatic carbocycles. The largest absolute Gasteiger partial charge is 0.456 e. The van der Waals surface area contributed by atoms with Crippen molar-refractivity contribution in [3.63, 3.8) is 0 Å². The predicted molar refractivity (Wildman–Crippen MR) is 256 cm³/mol. The SMILES string of the molecule is c1ccc(-c2cccc(-n3c4ccccc4c4cc(-c5cccc6c5oc5cccc(-c7nc(-c8ccccc8)nc(-c8ccc9c(c8)oc8ccccc89)n7)c56)ccc43)c2)cc1. The highest BCUT2D eigenvalue weighted by molar-refractivity contribution is 6.16. The molecule has 294 valence electrons. The Morgan fingerprint density at radius 2 is 0.937 bits per heavy atom. The van der Waals surface area contributed by atoms with Gasteiger partial charge in [-0.3, -0.25) is 0 Å². The highest BCUT2D eigenvalue weighted by Crippen LogP contribution is 2.42. The lowest BCUT2D eigenvalue weighted by atomic mass is 9.99. The molecule has 6 heteroatoms. The first-order valence-corrected chi connectivity index (χ1v) is 21.1. The van der Waals surface area contributed by atoms with Crippen molar-refractivity contribution in [2.45, 2.75) is 0 Å². The lowest BCUT2D eigenvalue weighted by Crippen LogP contribution is -2.00. The molecule has 0 amide bonds. The fourth-order valence-electron chi connectivity index (χ4n) is 9.34. The smallest absolute Gasteiger partial charge is 0.164 e. The Bertz CT molecular complexity index is 3920. The van der Waals surface area contributed by atoms with Crippen molar-refractivity contribution in [1.82, 2.24) is 19.5 Å². The maximum Gasteiger partial charge on any atom is 0.164 e. The van der Waals surface area contributed by atoms with Crippen molar-refractivity contribution in [3.8, 4) is 62.1 Å². The van der Waals surface area contributed by atoms with Gasteiger partial charge in [0.2, 0.25) is 0 Å². The van der Waals surface area contributed by atoms with E-state index in [0.717, 1.165) is 88.4 Å². The molecule has 6 nitrogen and oxygen atoms in total. The minimum atomic E-state index is 0.561. The van der Waals surface area contributed by atoms with Gasteiger partial charge in [0.05, 0.1) is 11.0 Å². The molecule has 0 spiro atoms. The van der Waals surface area contributed by atoms with Gasteiger partial charge in [-0.1, -0.05) is 152 Å². The van der Waals surface area contributed by atoms with Crippen LogP contribution >= 0.6 is 0 Å². The van der Waals surface area contributed by atoms with Gasteiger partial charge in [0.1, 0.15) is 22.3 Å². The molecule has 0 saturated carbocycles. The van der Waals surface area contributed by atoms with E-state index >= 15 is 0 Å². The zero-order valence-electron chi connectivity index (χ0n) is 33.7. The fraction of sp³-hybridized carbons (Fsp3) is 0. The van der Waals surface area contributed by atoms with Crippen LogP contribution in [0.4, 0.5) is 0 Å². The molecule has 4 heterocycles. The maximum absolute atomic E-state index is 6.85. The summed E-state index contributed by atoms with van der Waals surface area (Å²) < 4.78 is 15.5.